The number of nitrogens with zero attached hydrogens (tertiary/aromatic N) is 3. The van der Waals surface area contributed by atoms with Crippen molar-refractivity contribution >= 4 is 39.7 Å². The zero-order chi connectivity index (χ0) is 12.2. The standard InChI is InChI=1S/C10H7ClF2IN3/c11-7-6-8(14)16-9(17(6)2-1-15-7)5-3-10(12,13)4-5/h1-2,5H,3-4H2. The lowest BCUT2D eigenvalue weighted by atomic mass is 9.81. The first-order chi connectivity index (χ1) is 7.98. The van der Waals surface area contributed by atoms with Gasteiger partial charge in [-0.15, -0.1) is 0 Å². The van der Waals surface area contributed by atoms with E-state index in [-0.39, 0.29) is 18.8 Å². The SMILES string of the molecule is FC1(F)CC(c2nc(I)c3c(Cl)nccn23)C1. The van der Waals surface area contributed by atoms with E-state index in [1.54, 1.807) is 16.8 Å². The maximum absolute atomic E-state index is 12.9. The molecular weight excluding hydrogens is 362 g/mol. The van der Waals surface area contributed by atoms with Gasteiger partial charge in [0, 0.05) is 31.2 Å². The van der Waals surface area contributed by atoms with Crippen LogP contribution in [0.1, 0.15) is 24.6 Å². The van der Waals surface area contributed by atoms with Gasteiger partial charge in [0.1, 0.15) is 15.0 Å². The summed E-state index contributed by atoms with van der Waals surface area (Å²) in [6, 6.07) is 0. The molecule has 17 heavy (non-hydrogen) atoms. The van der Waals surface area contributed by atoms with Crippen molar-refractivity contribution in [1.82, 2.24) is 14.4 Å². The molecule has 0 amide bonds. The van der Waals surface area contributed by atoms with Gasteiger partial charge in [0.2, 0.25) is 5.92 Å². The molecule has 1 aliphatic rings. The molecule has 1 fully saturated rings. The molecule has 2 aromatic rings. The Labute approximate surface area is 114 Å². The van der Waals surface area contributed by atoms with Crippen molar-refractivity contribution in [3.05, 3.63) is 27.1 Å². The fourth-order valence-corrected chi connectivity index (χ4v) is 3.27. The quantitative estimate of drug-likeness (QED) is 0.720. The van der Waals surface area contributed by atoms with Crippen LogP contribution >= 0.6 is 34.2 Å². The summed E-state index contributed by atoms with van der Waals surface area (Å²) in [5.74, 6) is -2.09. The lowest BCUT2D eigenvalue weighted by Gasteiger charge is -2.33. The Morgan fingerprint density at radius 1 is 1.47 bits per heavy atom. The van der Waals surface area contributed by atoms with Crippen LogP contribution in [-0.2, 0) is 0 Å². The average Bonchev–Trinajstić information content (AvgIpc) is 2.54. The molecule has 0 spiro atoms. The number of halogens is 4. The highest BCUT2D eigenvalue weighted by atomic mass is 127. The summed E-state index contributed by atoms with van der Waals surface area (Å²) in [5, 5.41) is 0.349. The van der Waals surface area contributed by atoms with Gasteiger partial charge in [-0.1, -0.05) is 11.6 Å². The summed E-state index contributed by atoms with van der Waals surface area (Å²) in [6.45, 7) is 0. The van der Waals surface area contributed by atoms with Gasteiger partial charge < -0.3 is 0 Å². The van der Waals surface area contributed by atoms with Crippen LogP contribution in [0.3, 0.4) is 0 Å². The van der Waals surface area contributed by atoms with Crippen LogP contribution in [0.2, 0.25) is 5.15 Å². The van der Waals surface area contributed by atoms with Crippen molar-refractivity contribution in [2.24, 2.45) is 0 Å². The Balaban J connectivity index is 2.10. The second-order valence-corrected chi connectivity index (χ2v) is 5.54. The summed E-state index contributed by atoms with van der Waals surface area (Å²) >= 11 is 8.02. The summed E-state index contributed by atoms with van der Waals surface area (Å²) < 4.78 is 28.2. The van der Waals surface area contributed by atoms with Gasteiger partial charge in [0.25, 0.3) is 0 Å². The smallest absolute Gasteiger partial charge is 0.249 e. The Morgan fingerprint density at radius 2 is 2.18 bits per heavy atom. The van der Waals surface area contributed by atoms with Gasteiger partial charge in [-0.3, -0.25) is 4.40 Å². The molecule has 0 saturated heterocycles. The molecule has 90 valence electrons. The van der Waals surface area contributed by atoms with Crippen molar-refractivity contribution in [3.8, 4) is 0 Å². The highest BCUT2D eigenvalue weighted by Crippen LogP contribution is 2.48. The normalized spacial score (nSPS) is 19.5. The van der Waals surface area contributed by atoms with E-state index < -0.39 is 5.92 Å². The predicted molar refractivity (Wildman–Crippen MR) is 67.6 cm³/mol. The van der Waals surface area contributed by atoms with Crippen molar-refractivity contribution in [2.45, 2.75) is 24.7 Å². The van der Waals surface area contributed by atoms with Crippen LogP contribution in [0.15, 0.2) is 12.4 Å². The van der Waals surface area contributed by atoms with E-state index in [1.165, 1.54) is 0 Å². The third-order valence-corrected chi connectivity index (χ3v) is 3.98. The summed E-state index contributed by atoms with van der Waals surface area (Å²) in [7, 11) is 0. The Bertz CT molecular complexity index is 590. The Kier molecular flexibility index (Phi) is 2.55. The van der Waals surface area contributed by atoms with E-state index in [9.17, 15) is 8.78 Å². The highest BCUT2D eigenvalue weighted by molar-refractivity contribution is 14.1. The first kappa shape index (κ1) is 11.6. The van der Waals surface area contributed by atoms with E-state index in [0.29, 0.717) is 20.2 Å². The first-order valence-corrected chi connectivity index (χ1v) is 6.49. The molecule has 3 nitrogen and oxygen atoms in total. The zero-order valence-corrected chi connectivity index (χ0v) is 11.4. The van der Waals surface area contributed by atoms with Crippen LogP contribution in [-0.4, -0.2) is 20.3 Å². The highest BCUT2D eigenvalue weighted by Gasteiger charge is 2.47. The van der Waals surface area contributed by atoms with Crippen LogP contribution in [0, 0.1) is 3.70 Å². The van der Waals surface area contributed by atoms with E-state index in [2.05, 4.69) is 9.97 Å². The third-order valence-electron chi connectivity index (χ3n) is 2.95. The predicted octanol–water partition coefficient (Wildman–Crippen LogP) is 3.50. The number of rotatable bonds is 1. The number of fused-ring (bicyclic) bond motifs is 1. The maximum atomic E-state index is 12.9. The second kappa shape index (κ2) is 3.74. The number of imidazole rings is 1. The summed E-state index contributed by atoms with van der Waals surface area (Å²) in [4.78, 5) is 8.29. The van der Waals surface area contributed by atoms with Gasteiger partial charge in [-0.05, 0) is 22.6 Å². The molecule has 2 heterocycles. The van der Waals surface area contributed by atoms with Crippen molar-refractivity contribution in [1.29, 1.82) is 0 Å². The molecule has 0 aromatic carbocycles. The minimum absolute atomic E-state index is 0.137. The topological polar surface area (TPSA) is 30.2 Å². The van der Waals surface area contributed by atoms with Crippen LogP contribution < -0.4 is 0 Å². The van der Waals surface area contributed by atoms with Gasteiger partial charge in [0.15, 0.2) is 5.15 Å². The molecule has 0 unspecified atom stereocenters. The zero-order valence-electron chi connectivity index (χ0n) is 8.50. The molecule has 0 radical (unpaired) electrons. The van der Waals surface area contributed by atoms with Crippen LogP contribution in [0.4, 0.5) is 8.78 Å². The monoisotopic (exact) mass is 369 g/mol. The largest absolute Gasteiger partial charge is 0.298 e. The van der Waals surface area contributed by atoms with Gasteiger partial charge in [-0.2, -0.15) is 0 Å². The molecule has 7 heteroatoms. The Morgan fingerprint density at radius 3 is 2.82 bits per heavy atom. The van der Waals surface area contributed by atoms with Crippen molar-refractivity contribution in [3.63, 3.8) is 0 Å². The molecule has 2 aromatic heterocycles. The van der Waals surface area contributed by atoms with E-state index in [0.717, 1.165) is 0 Å². The second-order valence-electron chi connectivity index (χ2n) is 4.16. The van der Waals surface area contributed by atoms with Gasteiger partial charge in [-0.25, -0.2) is 18.7 Å². The van der Waals surface area contributed by atoms with Crippen LogP contribution in [0.5, 0.6) is 0 Å². The molecule has 1 aliphatic carbocycles. The molecule has 0 N–H and O–H groups in total. The molecular formula is C10H7ClF2IN3. The lowest BCUT2D eigenvalue weighted by molar-refractivity contribution is -0.0886. The van der Waals surface area contributed by atoms with Crippen molar-refractivity contribution < 1.29 is 8.78 Å². The van der Waals surface area contributed by atoms with Gasteiger partial charge in [0.05, 0.1) is 0 Å². The first-order valence-electron chi connectivity index (χ1n) is 5.04. The number of hydrogen-bond acceptors (Lipinski definition) is 2. The van der Waals surface area contributed by atoms with Crippen LogP contribution in [0.25, 0.3) is 5.52 Å². The maximum Gasteiger partial charge on any atom is 0.249 e. The van der Waals surface area contributed by atoms with E-state index in [1.807, 2.05) is 22.6 Å². The number of hydrogen-bond donors (Lipinski definition) is 0. The third kappa shape index (κ3) is 1.81. The van der Waals surface area contributed by atoms with Gasteiger partial charge >= 0.3 is 0 Å². The number of alkyl halides is 2. The van der Waals surface area contributed by atoms with E-state index >= 15 is 0 Å². The fraction of sp³-hybridized carbons (Fsp3) is 0.400. The Hall–Kier alpha value is -0.500. The molecule has 0 aliphatic heterocycles. The van der Waals surface area contributed by atoms with E-state index in [4.69, 9.17) is 11.6 Å². The lowest BCUT2D eigenvalue weighted by Crippen LogP contribution is -2.34. The minimum Gasteiger partial charge on any atom is -0.298 e. The average molecular weight is 370 g/mol. The molecule has 0 atom stereocenters. The fourth-order valence-electron chi connectivity index (χ4n) is 2.12. The molecule has 1 saturated carbocycles. The summed E-state index contributed by atoms with van der Waals surface area (Å²) in [6.07, 6.45) is 2.99. The molecule has 0 bridgehead atoms. The number of aromatic nitrogens is 3. The molecule has 3 rings (SSSR count). The summed E-state index contributed by atoms with van der Waals surface area (Å²) in [5.41, 5.74) is 0.694. The van der Waals surface area contributed by atoms with Crippen molar-refractivity contribution in [2.75, 3.05) is 0 Å². The minimum atomic E-state index is -2.54.